The molecule has 0 bridgehead atoms. The molecule has 0 unspecified atom stereocenters. The Morgan fingerprint density at radius 3 is 2.78 bits per heavy atom. The molecule has 4 nitrogen and oxygen atoms in total. The van der Waals surface area contributed by atoms with Gasteiger partial charge in [0, 0.05) is 6.07 Å². The van der Waals surface area contributed by atoms with Gasteiger partial charge in [-0.3, -0.25) is 0 Å². The molecular formula is C11H8Cl2N4S. The first-order valence-corrected chi connectivity index (χ1v) is 6.70. The Morgan fingerprint density at radius 2 is 2.11 bits per heavy atom. The van der Waals surface area contributed by atoms with Crippen molar-refractivity contribution in [3.05, 3.63) is 33.9 Å². The van der Waals surface area contributed by atoms with Crippen LogP contribution in [0.4, 0.5) is 5.82 Å². The molecule has 3 aromatic rings. The van der Waals surface area contributed by atoms with Gasteiger partial charge in [0.1, 0.15) is 11.3 Å². The number of hydrogen-bond acceptors (Lipinski definition) is 4. The molecular weight excluding hydrogens is 291 g/mol. The first kappa shape index (κ1) is 11.8. The number of halogens is 2. The largest absolute Gasteiger partial charge is 0.383 e. The van der Waals surface area contributed by atoms with E-state index in [0.29, 0.717) is 26.5 Å². The molecule has 18 heavy (non-hydrogen) atoms. The molecule has 2 aromatic heterocycles. The molecule has 0 saturated heterocycles. The van der Waals surface area contributed by atoms with E-state index in [1.54, 1.807) is 16.8 Å². The second kappa shape index (κ2) is 4.12. The van der Waals surface area contributed by atoms with Gasteiger partial charge in [-0.2, -0.15) is 9.78 Å². The van der Waals surface area contributed by atoms with Crippen LogP contribution in [0.5, 0.6) is 0 Å². The lowest BCUT2D eigenvalue weighted by Crippen LogP contribution is -2.00. The number of nitrogens with two attached hydrogens (primary N) is 1. The second-order valence-corrected chi connectivity index (χ2v) is 5.62. The summed E-state index contributed by atoms with van der Waals surface area (Å²) in [6, 6.07) is 5.43. The van der Waals surface area contributed by atoms with Gasteiger partial charge in [0.2, 0.25) is 5.13 Å². The van der Waals surface area contributed by atoms with Crippen molar-refractivity contribution in [1.82, 2.24) is 14.8 Å². The summed E-state index contributed by atoms with van der Waals surface area (Å²) < 4.78 is 2.55. The number of nitrogen functional groups attached to an aromatic ring is 1. The van der Waals surface area contributed by atoms with Crippen LogP contribution < -0.4 is 5.73 Å². The molecule has 2 heterocycles. The molecule has 0 aliphatic heterocycles. The molecule has 0 atom stereocenters. The predicted octanol–water partition coefficient (Wildman–Crippen LogP) is 3.68. The lowest BCUT2D eigenvalue weighted by atomic mass is 10.3. The van der Waals surface area contributed by atoms with Gasteiger partial charge >= 0.3 is 0 Å². The van der Waals surface area contributed by atoms with Crippen molar-refractivity contribution >= 4 is 50.6 Å². The van der Waals surface area contributed by atoms with Crippen LogP contribution in [0.25, 0.3) is 15.3 Å². The number of aryl methyl sites for hydroxylation is 1. The van der Waals surface area contributed by atoms with Gasteiger partial charge < -0.3 is 5.73 Å². The Kier molecular flexibility index (Phi) is 2.69. The van der Waals surface area contributed by atoms with Gasteiger partial charge in [0.25, 0.3) is 0 Å². The van der Waals surface area contributed by atoms with Gasteiger partial charge in [-0.25, -0.2) is 4.98 Å². The van der Waals surface area contributed by atoms with Gasteiger partial charge in [-0.05, 0) is 19.1 Å². The van der Waals surface area contributed by atoms with E-state index >= 15 is 0 Å². The van der Waals surface area contributed by atoms with Crippen LogP contribution in [-0.4, -0.2) is 14.8 Å². The summed E-state index contributed by atoms with van der Waals surface area (Å²) in [5.41, 5.74) is 7.39. The Bertz CT molecular complexity index is 747. The van der Waals surface area contributed by atoms with Crippen LogP contribution in [0, 0.1) is 6.92 Å². The molecule has 92 valence electrons. The zero-order valence-corrected chi connectivity index (χ0v) is 11.6. The molecule has 0 amide bonds. The summed E-state index contributed by atoms with van der Waals surface area (Å²) in [7, 11) is 0. The summed E-state index contributed by atoms with van der Waals surface area (Å²) in [5, 5.41) is 5.92. The molecule has 0 aliphatic carbocycles. The Balaban J connectivity index is 2.26. The summed E-state index contributed by atoms with van der Waals surface area (Å²) in [6.07, 6.45) is 0. The SMILES string of the molecule is Cc1cc(N)n(-c2nc3c(Cl)c(Cl)ccc3s2)n1. The highest BCUT2D eigenvalue weighted by Gasteiger charge is 2.13. The van der Waals surface area contributed by atoms with Crippen molar-refractivity contribution in [2.45, 2.75) is 6.92 Å². The van der Waals surface area contributed by atoms with E-state index in [1.807, 2.05) is 13.0 Å². The number of nitrogens with zero attached hydrogens (tertiary/aromatic N) is 3. The van der Waals surface area contributed by atoms with Crippen molar-refractivity contribution in [3.8, 4) is 5.13 Å². The standard InChI is InChI=1S/C11H8Cl2N4S/c1-5-4-8(14)17(16-5)11-15-10-7(18-11)3-2-6(12)9(10)13/h2-4H,14H2,1H3. The number of rotatable bonds is 1. The van der Waals surface area contributed by atoms with Crippen LogP contribution >= 0.6 is 34.5 Å². The fourth-order valence-electron chi connectivity index (χ4n) is 1.69. The van der Waals surface area contributed by atoms with E-state index in [4.69, 9.17) is 28.9 Å². The number of hydrogen-bond donors (Lipinski definition) is 1. The number of aromatic nitrogens is 3. The minimum atomic E-state index is 0.458. The van der Waals surface area contributed by atoms with Crippen molar-refractivity contribution in [1.29, 1.82) is 0 Å². The van der Waals surface area contributed by atoms with Gasteiger partial charge in [-0.15, -0.1) is 0 Å². The molecule has 1 aromatic carbocycles. The molecule has 0 spiro atoms. The predicted molar refractivity (Wildman–Crippen MR) is 75.9 cm³/mol. The lowest BCUT2D eigenvalue weighted by molar-refractivity contribution is 0.865. The van der Waals surface area contributed by atoms with E-state index in [0.717, 1.165) is 10.4 Å². The topological polar surface area (TPSA) is 56.7 Å². The van der Waals surface area contributed by atoms with Crippen LogP contribution in [0.3, 0.4) is 0 Å². The highest BCUT2D eigenvalue weighted by atomic mass is 35.5. The van der Waals surface area contributed by atoms with Crippen LogP contribution in [-0.2, 0) is 0 Å². The quantitative estimate of drug-likeness (QED) is 0.745. The average molecular weight is 299 g/mol. The minimum Gasteiger partial charge on any atom is -0.383 e. The molecule has 0 aliphatic rings. The normalized spacial score (nSPS) is 11.3. The van der Waals surface area contributed by atoms with Crippen LogP contribution in [0.1, 0.15) is 5.69 Å². The third-order valence-corrected chi connectivity index (χ3v) is 4.27. The Morgan fingerprint density at radius 1 is 1.33 bits per heavy atom. The monoisotopic (exact) mass is 298 g/mol. The van der Waals surface area contributed by atoms with Gasteiger partial charge in [0.05, 0.1) is 20.4 Å². The zero-order valence-electron chi connectivity index (χ0n) is 9.32. The van der Waals surface area contributed by atoms with E-state index in [9.17, 15) is 0 Å². The zero-order chi connectivity index (χ0) is 12.9. The van der Waals surface area contributed by atoms with Gasteiger partial charge in [-0.1, -0.05) is 34.5 Å². The molecule has 0 fully saturated rings. The maximum atomic E-state index is 6.12. The maximum absolute atomic E-state index is 6.12. The fraction of sp³-hybridized carbons (Fsp3) is 0.0909. The summed E-state index contributed by atoms with van der Waals surface area (Å²) in [6.45, 7) is 1.88. The fourth-order valence-corrected chi connectivity index (χ4v) is 3.05. The molecule has 3 rings (SSSR count). The minimum absolute atomic E-state index is 0.458. The smallest absolute Gasteiger partial charge is 0.213 e. The Labute approximate surface area is 117 Å². The summed E-state index contributed by atoms with van der Waals surface area (Å²) >= 11 is 13.6. The van der Waals surface area contributed by atoms with Crippen molar-refractivity contribution < 1.29 is 0 Å². The van der Waals surface area contributed by atoms with Crippen molar-refractivity contribution in [2.24, 2.45) is 0 Å². The number of thiazole rings is 1. The van der Waals surface area contributed by atoms with E-state index in [2.05, 4.69) is 10.1 Å². The van der Waals surface area contributed by atoms with Crippen molar-refractivity contribution in [3.63, 3.8) is 0 Å². The highest BCUT2D eigenvalue weighted by molar-refractivity contribution is 7.20. The lowest BCUT2D eigenvalue weighted by Gasteiger charge is -1.96. The molecule has 2 N–H and O–H groups in total. The number of benzene rings is 1. The first-order valence-electron chi connectivity index (χ1n) is 5.13. The third kappa shape index (κ3) is 1.75. The van der Waals surface area contributed by atoms with Crippen molar-refractivity contribution in [2.75, 3.05) is 5.73 Å². The third-order valence-electron chi connectivity index (χ3n) is 2.48. The van der Waals surface area contributed by atoms with E-state index in [-0.39, 0.29) is 0 Å². The number of fused-ring (bicyclic) bond motifs is 1. The Hall–Kier alpha value is -1.30. The second-order valence-electron chi connectivity index (χ2n) is 3.83. The average Bonchev–Trinajstić information content (AvgIpc) is 2.87. The summed E-state index contributed by atoms with van der Waals surface area (Å²) in [4.78, 5) is 4.44. The molecule has 0 saturated carbocycles. The van der Waals surface area contributed by atoms with Crippen LogP contribution in [0.2, 0.25) is 10.0 Å². The van der Waals surface area contributed by atoms with E-state index < -0.39 is 0 Å². The van der Waals surface area contributed by atoms with Gasteiger partial charge in [0.15, 0.2) is 0 Å². The van der Waals surface area contributed by atoms with Crippen LogP contribution in [0.15, 0.2) is 18.2 Å². The first-order chi connectivity index (χ1) is 8.56. The maximum Gasteiger partial charge on any atom is 0.213 e. The summed E-state index contributed by atoms with van der Waals surface area (Å²) in [5.74, 6) is 0.550. The molecule has 0 radical (unpaired) electrons. The molecule has 7 heteroatoms. The number of anilines is 1. The van der Waals surface area contributed by atoms with E-state index in [1.165, 1.54) is 11.3 Å². The highest BCUT2D eigenvalue weighted by Crippen LogP contribution is 2.34.